The summed E-state index contributed by atoms with van der Waals surface area (Å²) in [4.78, 5) is 7.93. The van der Waals surface area contributed by atoms with E-state index in [-0.39, 0.29) is 0 Å². The normalized spacial score (nSPS) is 17.6. The largest absolute Gasteiger partial charge is 0.493 e. The van der Waals surface area contributed by atoms with Gasteiger partial charge in [0.25, 0.3) is 0 Å². The summed E-state index contributed by atoms with van der Waals surface area (Å²) in [6, 6.07) is 8.25. The second kappa shape index (κ2) is 6.09. The maximum Gasteiger partial charge on any atom is 0.122 e. The molecule has 0 amide bonds. The third-order valence-electron chi connectivity index (χ3n) is 3.66. The van der Waals surface area contributed by atoms with Crippen molar-refractivity contribution in [3.05, 3.63) is 47.5 Å². The van der Waals surface area contributed by atoms with Gasteiger partial charge in [0.2, 0.25) is 0 Å². The molecular weight excluding hydrogens is 250 g/mol. The molecule has 106 valence electrons. The molecule has 1 unspecified atom stereocenters. The minimum absolute atomic E-state index is 0.324. The highest BCUT2D eigenvalue weighted by Gasteiger charge is 2.23. The molecule has 0 aliphatic carbocycles. The number of para-hydroxylation sites is 1. The van der Waals surface area contributed by atoms with Crippen LogP contribution in [0.1, 0.15) is 36.3 Å². The fourth-order valence-corrected chi connectivity index (χ4v) is 2.58. The molecule has 1 aromatic heterocycles. The first kappa shape index (κ1) is 13.2. The van der Waals surface area contributed by atoms with Crippen molar-refractivity contribution in [2.75, 3.05) is 13.2 Å². The Labute approximate surface area is 119 Å². The van der Waals surface area contributed by atoms with Crippen LogP contribution in [0.4, 0.5) is 0 Å². The smallest absolute Gasteiger partial charge is 0.122 e. The zero-order valence-electron chi connectivity index (χ0n) is 11.9. The molecule has 3 rings (SSSR count). The van der Waals surface area contributed by atoms with Crippen LogP contribution in [0.3, 0.4) is 0 Å². The summed E-state index contributed by atoms with van der Waals surface area (Å²) in [6.45, 7) is 4.76. The fraction of sp³-hybridized carbons (Fsp3) is 0.438. The van der Waals surface area contributed by atoms with E-state index in [0.717, 1.165) is 43.2 Å². The molecule has 1 aromatic carbocycles. The number of nitrogens with one attached hydrogen (secondary N) is 2. The van der Waals surface area contributed by atoms with E-state index in [1.165, 1.54) is 5.56 Å². The van der Waals surface area contributed by atoms with Gasteiger partial charge in [-0.2, -0.15) is 0 Å². The summed E-state index contributed by atoms with van der Waals surface area (Å²) < 4.78 is 5.82. The predicted octanol–water partition coefficient (Wildman–Crippen LogP) is 2.63. The van der Waals surface area contributed by atoms with Crippen molar-refractivity contribution in [1.82, 2.24) is 15.3 Å². The van der Waals surface area contributed by atoms with Gasteiger partial charge in [-0.25, -0.2) is 4.98 Å². The van der Waals surface area contributed by atoms with Crippen LogP contribution in [-0.2, 0) is 13.0 Å². The van der Waals surface area contributed by atoms with E-state index >= 15 is 0 Å². The van der Waals surface area contributed by atoms with Crippen molar-refractivity contribution in [2.24, 2.45) is 0 Å². The van der Waals surface area contributed by atoms with Crippen LogP contribution in [0.5, 0.6) is 5.75 Å². The Morgan fingerprint density at radius 2 is 2.30 bits per heavy atom. The van der Waals surface area contributed by atoms with Gasteiger partial charge in [0.15, 0.2) is 0 Å². The van der Waals surface area contributed by atoms with Gasteiger partial charge < -0.3 is 15.0 Å². The van der Waals surface area contributed by atoms with Crippen molar-refractivity contribution in [3.8, 4) is 5.75 Å². The molecule has 4 nitrogen and oxygen atoms in total. The summed E-state index contributed by atoms with van der Waals surface area (Å²) in [5, 5.41) is 3.38. The van der Waals surface area contributed by atoms with Gasteiger partial charge in [0.1, 0.15) is 11.6 Å². The highest BCUT2D eigenvalue weighted by Crippen LogP contribution is 2.30. The molecule has 2 N–H and O–H groups in total. The Morgan fingerprint density at radius 1 is 1.40 bits per heavy atom. The van der Waals surface area contributed by atoms with Crippen molar-refractivity contribution in [2.45, 2.75) is 32.2 Å². The molecule has 1 aliphatic rings. The second-order valence-corrected chi connectivity index (χ2v) is 5.29. The zero-order valence-corrected chi connectivity index (χ0v) is 11.9. The average molecular weight is 271 g/mol. The minimum Gasteiger partial charge on any atom is -0.493 e. The molecule has 20 heavy (non-hydrogen) atoms. The highest BCUT2D eigenvalue weighted by molar-refractivity contribution is 5.36. The molecule has 0 radical (unpaired) electrons. The van der Waals surface area contributed by atoms with E-state index in [4.69, 9.17) is 4.74 Å². The van der Waals surface area contributed by atoms with Crippen molar-refractivity contribution >= 4 is 0 Å². The lowest BCUT2D eigenvalue weighted by molar-refractivity contribution is 0.258. The predicted molar refractivity (Wildman–Crippen MR) is 79.0 cm³/mol. The van der Waals surface area contributed by atoms with Crippen LogP contribution in [0.2, 0.25) is 0 Å². The molecule has 2 aromatic rings. The monoisotopic (exact) mass is 271 g/mol. The number of rotatable bonds is 5. The van der Waals surface area contributed by atoms with Crippen LogP contribution < -0.4 is 10.1 Å². The molecule has 1 atom stereocenters. The van der Waals surface area contributed by atoms with Gasteiger partial charge in [-0.1, -0.05) is 25.1 Å². The first-order chi connectivity index (χ1) is 9.86. The van der Waals surface area contributed by atoms with E-state index in [0.29, 0.717) is 12.5 Å². The van der Waals surface area contributed by atoms with Gasteiger partial charge >= 0.3 is 0 Å². The topological polar surface area (TPSA) is 49.9 Å². The molecule has 0 saturated heterocycles. The molecule has 0 saturated carbocycles. The van der Waals surface area contributed by atoms with E-state index in [1.807, 2.05) is 18.3 Å². The van der Waals surface area contributed by atoms with Crippen LogP contribution in [0.15, 0.2) is 30.5 Å². The number of hydrogen-bond acceptors (Lipinski definition) is 3. The first-order valence-corrected chi connectivity index (χ1v) is 7.32. The maximum atomic E-state index is 5.82. The minimum atomic E-state index is 0.324. The molecular formula is C16H21N3O. The van der Waals surface area contributed by atoms with Crippen LogP contribution in [0.25, 0.3) is 0 Å². The standard InChI is InChI=1S/C16H21N3O/c1-2-7-17-9-14-10-18-16(19-14)13-8-12-5-3-4-6-15(12)20-11-13/h3-6,10,13,17H,2,7-9,11H2,1H3,(H,18,19). The van der Waals surface area contributed by atoms with Crippen LogP contribution >= 0.6 is 0 Å². The molecule has 4 heteroatoms. The van der Waals surface area contributed by atoms with Gasteiger partial charge in [-0.3, -0.25) is 0 Å². The lowest BCUT2D eigenvalue weighted by Crippen LogP contribution is -2.20. The number of benzene rings is 1. The van der Waals surface area contributed by atoms with Gasteiger partial charge in [-0.15, -0.1) is 0 Å². The van der Waals surface area contributed by atoms with Gasteiger partial charge in [-0.05, 0) is 31.0 Å². The van der Waals surface area contributed by atoms with Crippen LogP contribution in [-0.4, -0.2) is 23.1 Å². The SMILES string of the molecule is CCCNCc1cnc(C2COc3ccccc3C2)[nH]1. The number of ether oxygens (including phenoxy) is 1. The summed E-state index contributed by atoms with van der Waals surface area (Å²) in [7, 11) is 0. The number of H-pyrrole nitrogens is 1. The van der Waals surface area contributed by atoms with E-state index in [1.54, 1.807) is 0 Å². The Bertz CT molecular complexity index is 564. The summed E-state index contributed by atoms with van der Waals surface area (Å²) >= 11 is 0. The maximum absolute atomic E-state index is 5.82. The third kappa shape index (κ3) is 2.85. The van der Waals surface area contributed by atoms with E-state index in [2.05, 4.69) is 34.3 Å². The number of aromatic amines is 1. The van der Waals surface area contributed by atoms with E-state index in [9.17, 15) is 0 Å². The Kier molecular flexibility index (Phi) is 4.02. The van der Waals surface area contributed by atoms with Crippen molar-refractivity contribution < 1.29 is 4.74 Å². The number of hydrogen-bond donors (Lipinski definition) is 2. The summed E-state index contributed by atoms with van der Waals surface area (Å²) in [5.41, 5.74) is 2.41. The molecule has 0 fully saturated rings. The van der Waals surface area contributed by atoms with Crippen LogP contribution in [0, 0.1) is 0 Å². The van der Waals surface area contributed by atoms with Crippen molar-refractivity contribution in [3.63, 3.8) is 0 Å². The first-order valence-electron chi connectivity index (χ1n) is 7.32. The fourth-order valence-electron chi connectivity index (χ4n) is 2.58. The third-order valence-corrected chi connectivity index (χ3v) is 3.66. The molecule has 2 heterocycles. The van der Waals surface area contributed by atoms with Crippen molar-refractivity contribution in [1.29, 1.82) is 0 Å². The lowest BCUT2D eigenvalue weighted by atomic mass is 9.96. The average Bonchev–Trinajstić information content (AvgIpc) is 2.96. The molecule has 0 spiro atoms. The van der Waals surface area contributed by atoms with Gasteiger partial charge in [0.05, 0.1) is 12.5 Å². The molecule has 1 aliphatic heterocycles. The Morgan fingerprint density at radius 3 is 3.20 bits per heavy atom. The second-order valence-electron chi connectivity index (χ2n) is 5.29. The number of imidazole rings is 1. The lowest BCUT2D eigenvalue weighted by Gasteiger charge is -2.23. The number of nitrogens with zero attached hydrogens (tertiary/aromatic N) is 1. The Balaban J connectivity index is 1.66. The van der Waals surface area contributed by atoms with E-state index < -0.39 is 0 Å². The molecule has 0 bridgehead atoms. The van der Waals surface area contributed by atoms with Gasteiger partial charge in [0, 0.05) is 18.4 Å². The highest BCUT2D eigenvalue weighted by atomic mass is 16.5. The quantitative estimate of drug-likeness (QED) is 0.822. The summed E-state index contributed by atoms with van der Waals surface area (Å²) in [6.07, 6.45) is 4.07. The Hall–Kier alpha value is -1.81. The zero-order chi connectivity index (χ0) is 13.8. The number of fused-ring (bicyclic) bond motifs is 1. The number of aromatic nitrogens is 2. The summed E-state index contributed by atoms with van der Waals surface area (Å²) in [5.74, 6) is 2.37.